The van der Waals surface area contributed by atoms with Crippen LogP contribution in [0.5, 0.6) is 5.88 Å². The molecule has 12 heteroatoms. The first-order valence-electron chi connectivity index (χ1n) is 16.7. The molecule has 2 aromatic carbocycles. The molecule has 1 aliphatic rings. The van der Waals surface area contributed by atoms with E-state index >= 15 is 0 Å². The van der Waals surface area contributed by atoms with Crippen molar-refractivity contribution >= 4 is 27.7 Å². The number of aryl methyl sites for hydroxylation is 2. The van der Waals surface area contributed by atoms with Gasteiger partial charge in [0.15, 0.2) is 0 Å². The number of hydrogen-bond acceptors (Lipinski definition) is 9. The standard InChI is InChI=1S/C37H47N7O4S/c1-9-24(2)21-43(8)32-20-38-19-28(39-32)22-44-29(18-37(5,6)7)23-48-33-17-31(34-25(3)12-10-13-26(34)4)40-36(41-33)42-49(46,47)30-15-11-14-27(16-30)35(44)45/h10-17,19-20,24,29H,9,18,21-23H2,1-8H3,(H,40,41,42)/t24?,29-/m1/s1. The summed E-state index contributed by atoms with van der Waals surface area (Å²) in [6.45, 7) is 15.7. The van der Waals surface area contributed by atoms with Gasteiger partial charge in [-0.05, 0) is 60.9 Å². The number of nitrogens with zero attached hydrogens (tertiary/aromatic N) is 6. The minimum atomic E-state index is -4.18. The van der Waals surface area contributed by atoms with Crippen molar-refractivity contribution in [2.24, 2.45) is 11.3 Å². The maximum absolute atomic E-state index is 14.5. The van der Waals surface area contributed by atoms with Crippen LogP contribution in [-0.2, 0) is 16.6 Å². The topological polar surface area (TPSA) is 131 Å². The molecule has 0 saturated carbocycles. The summed E-state index contributed by atoms with van der Waals surface area (Å²) >= 11 is 0. The van der Waals surface area contributed by atoms with Crippen molar-refractivity contribution in [3.63, 3.8) is 0 Å². The fourth-order valence-corrected chi connectivity index (χ4v) is 7.06. The molecule has 0 radical (unpaired) electrons. The summed E-state index contributed by atoms with van der Waals surface area (Å²) in [5.41, 5.74) is 3.98. The molecule has 2 atom stereocenters. The third kappa shape index (κ3) is 8.72. The molecule has 0 spiro atoms. The average molecular weight is 686 g/mol. The molecule has 1 amide bonds. The van der Waals surface area contributed by atoms with E-state index in [9.17, 15) is 13.2 Å². The highest BCUT2D eigenvalue weighted by atomic mass is 32.2. The Labute approximate surface area is 290 Å². The molecule has 1 aliphatic heterocycles. The Balaban J connectivity index is 1.63. The lowest BCUT2D eigenvalue weighted by Gasteiger charge is -2.35. The van der Waals surface area contributed by atoms with Gasteiger partial charge >= 0.3 is 0 Å². The van der Waals surface area contributed by atoms with Gasteiger partial charge in [0.05, 0.1) is 41.3 Å². The van der Waals surface area contributed by atoms with Crippen molar-refractivity contribution in [1.82, 2.24) is 24.8 Å². The Morgan fingerprint density at radius 2 is 1.76 bits per heavy atom. The number of nitrogens with one attached hydrogen (secondary N) is 1. The Morgan fingerprint density at radius 1 is 1.04 bits per heavy atom. The zero-order chi connectivity index (χ0) is 35.5. The van der Waals surface area contributed by atoms with Crippen LogP contribution in [-0.4, -0.2) is 65.4 Å². The predicted octanol–water partition coefficient (Wildman–Crippen LogP) is 6.67. The predicted molar refractivity (Wildman–Crippen MR) is 192 cm³/mol. The highest BCUT2D eigenvalue weighted by Gasteiger charge is 2.32. The smallest absolute Gasteiger partial charge is 0.264 e. The maximum atomic E-state index is 14.5. The van der Waals surface area contributed by atoms with Gasteiger partial charge in [0.2, 0.25) is 11.8 Å². The minimum absolute atomic E-state index is 0.0816. The molecule has 49 heavy (non-hydrogen) atoms. The van der Waals surface area contributed by atoms with Gasteiger partial charge in [-0.15, -0.1) is 0 Å². The number of anilines is 2. The Kier molecular flexibility index (Phi) is 10.6. The number of carbonyl (C=O) groups excluding carboxylic acids is 1. The highest BCUT2D eigenvalue weighted by molar-refractivity contribution is 7.92. The molecule has 1 unspecified atom stereocenters. The first-order chi connectivity index (χ1) is 23.1. The van der Waals surface area contributed by atoms with Crippen molar-refractivity contribution in [1.29, 1.82) is 0 Å². The lowest BCUT2D eigenvalue weighted by atomic mass is 9.87. The molecule has 0 fully saturated rings. The van der Waals surface area contributed by atoms with E-state index in [4.69, 9.17) is 9.72 Å². The summed E-state index contributed by atoms with van der Waals surface area (Å²) in [6.07, 6.45) is 5.02. The maximum Gasteiger partial charge on any atom is 0.264 e. The third-order valence-corrected chi connectivity index (χ3v) is 10.0. The van der Waals surface area contributed by atoms with Crippen LogP contribution in [0.25, 0.3) is 11.3 Å². The number of hydrogen-bond donors (Lipinski definition) is 1. The van der Waals surface area contributed by atoms with Gasteiger partial charge < -0.3 is 14.5 Å². The van der Waals surface area contributed by atoms with Crippen molar-refractivity contribution in [2.45, 2.75) is 78.8 Å². The number of amides is 1. The lowest BCUT2D eigenvalue weighted by Crippen LogP contribution is -2.45. The van der Waals surface area contributed by atoms with Crippen LogP contribution in [0.2, 0.25) is 0 Å². The highest BCUT2D eigenvalue weighted by Crippen LogP contribution is 2.32. The molecular weight excluding hydrogens is 639 g/mol. The fraction of sp³-hybridized carbons (Fsp3) is 0.432. The Hall–Kier alpha value is -4.58. The summed E-state index contributed by atoms with van der Waals surface area (Å²) in [6, 6.07) is 13.2. The normalized spacial score (nSPS) is 16.8. The molecular formula is C37H47N7O4S. The van der Waals surface area contributed by atoms with Crippen LogP contribution in [0.15, 0.2) is 65.8 Å². The summed E-state index contributed by atoms with van der Waals surface area (Å²) < 4.78 is 36.3. The zero-order valence-corrected chi connectivity index (χ0v) is 30.5. The Morgan fingerprint density at radius 3 is 2.45 bits per heavy atom. The molecule has 1 N–H and O–H groups in total. The summed E-state index contributed by atoms with van der Waals surface area (Å²) in [5.74, 6) is 0.912. The van der Waals surface area contributed by atoms with Crippen molar-refractivity contribution in [2.75, 3.05) is 29.8 Å². The first-order valence-corrected chi connectivity index (χ1v) is 18.2. The van der Waals surface area contributed by atoms with Crippen molar-refractivity contribution in [3.8, 4) is 17.1 Å². The summed E-state index contributed by atoms with van der Waals surface area (Å²) in [7, 11) is -2.19. The third-order valence-electron chi connectivity index (χ3n) is 8.71. The quantitative estimate of drug-likeness (QED) is 0.216. The molecule has 0 saturated heterocycles. The van der Waals surface area contributed by atoms with Crippen molar-refractivity contribution in [3.05, 3.63) is 83.3 Å². The number of rotatable bonds is 8. The van der Waals surface area contributed by atoms with E-state index in [1.54, 1.807) is 35.5 Å². The van der Waals surface area contributed by atoms with E-state index in [0.29, 0.717) is 29.5 Å². The van der Waals surface area contributed by atoms with Crippen LogP contribution in [0, 0.1) is 25.2 Å². The number of carbonyl (C=O) groups is 1. The summed E-state index contributed by atoms with van der Waals surface area (Å²) in [5, 5.41) is 0. The van der Waals surface area contributed by atoms with Gasteiger partial charge in [0, 0.05) is 30.8 Å². The van der Waals surface area contributed by atoms with Crippen LogP contribution >= 0.6 is 0 Å². The molecule has 3 heterocycles. The monoisotopic (exact) mass is 685 g/mol. The van der Waals surface area contributed by atoms with Gasteiger partial charge in [0.1, 0.15) is 12.4 Å². The Bertz CT molecular complexity index is 1910. The molecule has 0 aliphatic carbocycles. The molecule has 260 valence electrons. The number of sulfonamides is 1. The van der Waals surface area contributed by atoms with E-state index < -0.39 is 16.1 Å². The second-order valence-electron chi connectivity index (χ2n) is 14.2. The largest absolute Gasteiger partial charge is 0.475 e. The molecule has 2 aromatic heterocycles. The van der Waals surface area contributed by atoms with Gasteiger partial charge in [-0.25, -0.2) is 23.1 Å². The minimum Gasteiger partial charge on any atom is -0.475 e. The van der Waals surface area contributed by atoms with Crippen LogP contribution in [0.4, 0.5) is 11.8 Å². The van der Waals surface area contributed by atoms with E-state index in [1.807, 2.05) is 39.1 Å². The molecule has 4 bridgehead atoms. The van der Waals surface area contributed by atoms with Gasteiger partial charge in [-0.1, -0.05) is 65.3 Å². The van der Waals surface area contributed by atoms with Gasteiger partial charge in [-0.2, -0.15) is 4.98 Å². The van der Waals surface area contributed by atoms with Crippen LogP contribution in [0.3, 0.4) is 0 Å². The fourth-order valence-electron chi connectivity index (χ4n) is 6.07. The second-order valence-corrected chi connectivity index (χ2v) is 15.9. The van der Waals surface area contributed by atoms with Crippen LogP contribution in [0.1, 0.15) is 74.6 Å². The number of aromatic nitrogens is 4. The number of fused-ring (bicyclic) bond motifs is 4. The summed E-state index contributed by atoms with van der Waals surface area (Å²) in [4.78, 5) is 36.7. The number of benzene rings is 2. The van der Waals surface area contributed by atoms with Gasteiger partial charge in [0.25, 0.3) is 15.9 Å². The van der Waals surface area contributed by atoms with Gasteiger partial charge in [-0.3, -0.25) is 9.78 Å². The van der Waals surface area contributed by atoms with E-state index in [-0.39, 0.29) is 46.8 Å². The molecule has 5 rings (SSSR count). The second kappa shape index (κ2) is 14.5. The first kappa shape index (κ1) is 35.7. The lowest BCUT2D eigenvalue weighted by molar-refractivity contribution is 0.0509. The number of ether oxygens (including phenoxy) is 1. The zero-order valence-electron chi connectivity index (χ0n) is 29.7. The SMILES string of the molecule is CCC(C)CN(C)c1cncc(CN2C(=O)c3cccc(c3)S(=O)(=O)Nc3nc(cc(-c4c(C)cccc4C)n3)OC[C@H]2CC(C)(C)C)n1. The van der Waals surface area contributed by atoms with E-state index in [0.717, 1.165) is 29.7 Å². The average Bonchev–Trinajstić information content (AvgIpc) is 3.04. The molecule has 4 aromatic rings. The van der Waals surface area contributed by atoms with Crippen LogP contribution < -0.4 is 14.4 Å². The van der Waals surface area contributed by atoms with E-state index in [1.165, 1.54) is 12.1 Å². The van der Waals surface area contributed by atoms with E-state index in [2.05, 4.69) is 59.2 Å². The molecule has 11 nitrogen and oxygen atoms in total. The van der Waals surface area contributed by atoms with Crippen molar-refractivity contribution < 1.29 is 17.9 Å².